The van der Waals surface area contributed by atoms with Crippen LogP contribution >= 0.6 is 0 Å². The molecule has 21 heavy (non-hydrogen) atoms. The Balaban J connectivity index is 4.00. The smallest absolute Gasteiger partial charge is 0.319 e. The van der Waals surface area contributed by atoms with E-state index in [0.717, 1.165) is 0 Å². The zero-order chi connectivity index (χ0) is 16.3. The first kappa shape index (κ1) is 19.2. The highest BCUT2D eigenvalue weighted by molar-refractivity contribution is 5.74. The van der Waals surface area contributed by atoms with E-state index < -0.39 is 11.9 Å². The van der Waals surface area contributed by atoms with E-state index in [9.17, 15) is 14.4 Å². The molecule has 0 aliphatic rings. The van der Waals surface area contributed by atoms with E-state index in [2.05, 4.69) is 0 Å². The van der Waals surface area contributed by atoms with Gasteiger partial charge in [0.25, 0.3) is 0 Å². The molecule has 0 aliphatic carbocycles. The molecule has 7 nitrogen and oxygen atoms in total. The number of nitrogens with zero attached hydrogens (tertiary/aromatic N) is 2. The average molecular weight is 302 g/mol. The zero-order valence-electron chi connectivity index (χ0n) is 12.9. The van der Waals surface area contributed by atoms with Gasteiger partial charge >= 0.3 is 18.0 Å². The lowest BCUT2D eigenvalue weighted by Crippen LogP contribution is -2.42. The molecule has 0 heterocycles. The summed E-state index contributed by atoms with van der Waals surface area (Å²) < 4.78 is 0. The quantitative estimate of drug-likeness (QED) is 0.568. The summed E-state index contributed by atoms with van der Waals surface area (Å²) in [5, 5.41) is 17.1. The summed E-state index contributed by atoms with van der Waals surface area (Å²) in [6.45, 7) is 3.53. The van der Waals surface area contributed by atoms with Crippen LogP contribution in [0.5, 0.6) is 0 Å². The molecule has 0 atom stereocenters. The number of amides is 2. The lowest BCUT2D eigenvalue weighted by molar-refractivity contribution is -0.138. The number of hydrogen-bond acceptors (Lipinski definition) is 3. The molecular formula is C14H26N2O5. The van der Waals surface area contributed by atoms with Crippen molar-refractivity contribution in [2.45, 2.75) is 45.4 Å². The Kier molecular flexibility index (Phi) is 10.0. The molecule has 0 unspecified atom stereocenters. The van der Waals surface area contributed by atoms with Gasteiger partial charge in [-0.1, -0.05) is 0 Å². The number of urea groups is 1. The SMILES string of the molecule is CCN(CCCCC(=O)O)C(=O)N(C)CCCCC(=O)O. The number of carbonyl (C=O) groups is 3. The molecule has 122 valence electrons. The third-order valence-corrected chi connectivity index (χ3v) is 3.18. The standard InChI is InChI=1S/C14H26N2O5/c1-3-16(11-7-5-9-13(19)20)14(21)15(2)10-6-4-8-12(17)18/h3-11H2,1-2H3,(H,17,18)(H,19,20). The Morgan fingerprint density at radius 1 is 0.857 bits per heavy atom. The van der Waals surface area contributed by atoms with Gasteiger partial charge in [0.1, 0.15) is 0 Å². The lowest BCUT2D eigenvalue weighted by atomic mass is 10.2. The molecule has 0 aromatic heterocycles. The second kappa shape index (κ2) is 10.9. The Bertz CT molecular complexity index is 346. The van der Waals surface area contributed by atoms with Gasteiger partial charge in [-0.3, -0.25) is 9.59 Å². The van der Waals surface area contributed by atoms with E-state index in [-0.39, 0.29) is 18.9 Å². The van der Waals surface area contributed by atoms with Crippen LogP contribution in [0.4, 0.5) is 4.79 Å². The highest BCUT2D eigenvalue weighted by atomic mass is 16.4. The monoisotopic (exact) mass is 302 g/mol. The molecule has 0 rings (SSSR count). The predicted molar refractivity (Wildman–Crippen MR) is 78.2 cm³/mol. The Morgan fingerprint density at radius 2 is 1.33 bits per heavy atom. The summed E-state index contributed by atoms with van der Waals surface area (Å²) in [5.41, 5.74) is 0. The highest BCUT2D eigenvalue weighted by Crippen LogP contribution is 2.04. The van der Waals surface area contributed by atoms with Gasteiger partial charge in [0.05, 0.1) is 0 Å². The van der Waals surface area contributed by atoms with Crippen LogP contribution in [-0.2, 0) is 9.59 Å². The van der Waals surface area contributed by atoms with Crippen molar-refractivity contribution in [1.29, 1.82) is 0 Å². The van der Waals surface area contributed by atoms with Crippen molar-refractivity contribution in [2.75, 3.05) is 26.7 Å². The summed E-state index contributed by atoms with van der Waals surface area (Å²) >= 11 is 0. The molecule has 0 saturated carbocycles. The number of rotatable bonds is 11. The largest absolute Gasteiger partial charge is 0.481 e. The summed E-state index contributed by atoms with van der Waals surface area (Å²) in [6, 6.07) is -0.0943. The van der Waals surface area contributed by atoms with Crippen molar-refractivity contribution in [3.8, 4) is 0 Å². The van der Waals surface area contributed by atoms with Crippen LogP contribution in [0.15, 0.2) is 0 Å². The highest BCUT2D eigenvalue weighted by Gasteiger charge is 2.15. The number of aliphatic carboxylic acids is 2. The number of hydrogen-bond donors (Lipinski definition) is 2. The van der Waals surface area contributed by atoms with Gasteiger partial charge in [-0.2, -0.15) is 0 Å². The van der Waals surface area contributed by atoms with Crippen molar-refractivity contribution in [2.24, 2.45) is 0 Å². The van der Waals surface area contributed by atoms with Gasteiger partial charge in [-0.25, -0.2) is 4.79 Å². The van der Waals surface area contributed by atoms with Crippen molar-refractivity contribution >= 4 is 18.0 Å². The Morgan fingerprint density at radius 3 is 1.76 bits per heavy atom. The van der Waals surface area contributed by atoms with Gasteiger partial charge in [0.15, 0.2) is 0 Å². The molecule has 0 spiro atoms. The van der Waals surface area contributed by atoms with Crippen LogP contribution in [0.25, 0.3) is 0 Å². The third kappa shape index (κ3) is 9.70. The van der Waals surface area contributed by atoms with Crippen LogP contribution in [-0.4, -0.2) is 64.7 Å². The zero-order valence-corrected chi connectivity index (χ0v) is 12.9. The van der Waals surface area contributed by atoms with Gasteiger partial charge < -0.3 is 20.0 Å². The van der Waals surface area contributed by atoms with Gasteiger partial charge in [0.2, 0.25) is 0 Å². The average Bonchev–Trinajstić information content (AvgIpc) is 2.42. The van der Waals surface area contributed by atoms with Crippen molar-refractivity contribution < 1.29 is 24.6 Å². The number of carboxylic acids is 2. The minimum Gasteiger partial charge on any atom is -0.481 e. The minimum absolute atomic E-state index is 0.0943. The van der Waals surface area contributed by atoms with E-state index in [1.165, 1.54) is 0 Å². The van der Waals surface area contributed by atoms with E-state index in [1.54, 1.807) is 16.8 Å². The fourth-order valence-electron chi connectivity index (χ4n) is 1.93. The summed E-state index contributed by atoms with van der Waals surface area (Å²) in [7, 11) is 1.70. The Labute approximate surface area is 125 Å². The minimum atomic E-state index is -0.822. The molecule has 0 aromatic rings. The van der Waals surface area contributed by atoms with E-state index in [0.29, 0.717) is 45.3 Å². The maximum atomic E-state index is 12.1. The second-order valence-electron chi connectivity index (χ2n) is 4.99. The van der Waals surface area contributed by atoms with Crippen LogP contribution in [0.3, 0.4) is 0 Å². The van der Waals surface area contributed by atoms with E-state index in [1.807, 2.05) is 6.92 Å². The normalized spacial score (nSPS) is 10.2. The topological polar surface area (TPSA) is 98.2 Å². The molecule has 7 heteroatoms. The van der Waals surface area contributed by atoms with Crippen molar-refractivity contribution in [3.63, 3.8) is 0 Å². The Hall–Kier alpha value is -1.79. The van der Waals surface area contributed by atoms with E-state index >= 15 is 0 Å². The molecule has 0 saturated heterocycles. The predicted octanol–water partition coefficient (Wildman–Crippen LogP) is 1.87. The number of unbranched alkanes of at least 4 members (excludes halogenated alkanes) is 2. The van der Waals surface area contributed by atoms with Crippen LogP contribution < -0.4 is 0 Å². The molecule has 2 amide bonds. The fourth-order valence-corrected chi connectivity index (χ4v) is 1.93. The summed E-state index contributed by atoms with van der Waals surface area (Å²) in [4.78, 5) is 36.2. The summed E-state index contributed by atoms with van der Waals surface area (Å²) in [5.74, 6) is -1.64. The van der Waals surface area contributed by atoms with Gasteiger partial charge in [-0.05, 0) is 32.6 Å². The molecule has 0 radical (unpaired) electrons. The van der Waals surface area contributed by atoms with E-state index in [4.69, 9.17) is 10.2 Å². The first-order chi connectivity index (χ1) is 9.88. The van der Waals surface area contributed by atoms with Crippen molar-refractivity contribution in [3.05, 3.63) is 0 Å². The molecule has 0 aromatic carbocycles. The van der Waals surface area contributed by atoms with Crippen LogP contribution in [0.1, 0.15) is 45.4 Å². The number of carboxylic acid groups (broad SMARTS) is 2. The molecule has 0 bridgehead atoms. The lowest BCUT2D eigenvalue weighted by Gasteiger charge is -2.27. The van der Waals surface area contributed by atoms with Crippen LogP contribution in [0, 0.1) is 0 Å². The maximum absolute atomic E-state index is 12.1. The first-order valence-electron chi connectivity index (χ1n) is 7.32. The van der Waals surface area contributed by atoms with Crippen molar-refractivity contribution in [1.82, 2.24) is 9.80 Å². The maximum Gasteiger partial charge on any atom is 0.319 e. The second-order valence-corrected chi connectivity index (χ2v) is 4.99. The molecule has 2 N–H and O–H groups in total. The van der Waals surface area contributed by atoms with Gasteiger partial charge in [0, 0.05) is 39.5 Å². The first-order valence-corrected chi connectivity index (χ1v) is 7.32. The molecule has 0 fully saturated rings. The number of carbonyl (C=O) groups excluding carboxylic acids is 1. The van der Waals surface area contributed by atoms with Crippen LogP contribution in [0.2, 0.25) is 0 Å². The molecule has 0 aliphatic heterocycles. The summed E-state index contributed by atoms with van der Waals surface area (Å²) in [6.07, 6.45) is 2.68. The fraction of sp³-hybridized carbons (Fsp3) is 0.786. The van der Waals surface area contributed by atoms with Gasteiger partial charge in [-0.15, -0.1) is 0 Å². The molecular weight excluding hydrogens is 276 g/mol. The third-order valence-electron chi connectivity index (χ3n) is 3.18.